The van der Waals surface area contributed by atoms with Crippen molar-refractivity contribution < 1.29 is 8.42 Å². The third kappa shape index (κ3) is 2.85. The Balaban J connectivity index is 2.03. The molecule has 0 radical (unpaired) electrons. The average molecular weight is 258 g/mol. The summed E-state index contributed by atoms with van der Waals surface area (Å²) in [5.74, 6) is 0.593. The monoisotopic (exact) mass is 258 g/mol. The van der Waals surface area contributed by atoms with Gasteiger partial charge in [0.25, 0.3) is 10.0 Å². The predicted molar refractivity (Wildman–Crippen MR) is 64.2 cm³/mol. The fourth-order valence-corrected chi connectivity index (χ4v) is 3.11. The molecule has 1 aliphatic rings. The number of imidazole rings is 1. The molecule has 1 aromatic heterocycles. The number of hydrogen-bond acceptors (Lipinski definition) is 4. The van der Waals surface area contributed by atoms with Crippen molar-refractivity contribution in [1.29, 1.82) is 0 Å². The standard InChI is InChI=1S/C10H18N4O2S/c1-8-11-6-9(14-8)17(15,16)13-7-10(2)4-3-5-12-10/h6,12-13H,3-5,7H2,1-2H3,(H,11,14). The molecule has 1 unspecified atom stereocenters. The highest BCUT2D eigenvalue weighted by atomic mass is 32.2. The summed E-state index contributed by atoms with van der Waals surface area (Å²) in [6.07, 6.45) is 3.40. The Morgan fingerprint density at radius 3 is 2.88 bits per heavy atom. The second kappa shape index (κ2) is 4.40. The highest BCUT2D eigenvalue weighted by molar-refractivity contribution is 7.89. The Morgan fingerprint density at radius 1 is 1.59 bits per heavy atom. The molecule has 6 nitrogen and oxygen atoms in total. The third-order valence-electron chi connectivity index (χ3n) is 3.08. The van der Waals surface area contributed by atoms with Crippen LogP contribution in [0, 0.1) is 6.92 Å². The molecule has 0 spiro atoms. The number of aryl methyl sites for hydroxylation is 1. The van der Waals surface area contributed by atoms with Gasteiger partial charge in [-0.25, -0.2) is 18.1 Å². The second-order valence-electron chi connectivity index (χ2n) is 4.75. The maximum atomic E-state index is 11.9. The van der Waals surface area contributed by atoms with Gasteiger partial charge in [-0.3, -0.25) is 0 Å². The van der Waals surface area contributed by atoms with Gasteiger partial charge in [-0.15, -0.1) is 0 Å². The number of sulfonamides is 1. The Kier molecular flexibility index (Phi) is 3.24. The van der Waals surface area contributed by atoms with Crippen LogP contribution in [0.25, 0.3) is 0 Å². The first kappa shape index (κ1) is 12.5. The number of nitrogens with one attached hydrogen (secondary N) is 3. The fourth-order valence-electron chi connectivity index (χ4n) is 1.97. The van der Waals surface area contributed by atoms with Gasteiger partial charge in [0, 0.05) is 12.1 Å². The summed E-state index contributed by atoms with van der Waals surface area (Å²) >= 11 is 0. The average Bonchev–Trinajstić information content (AvgIpc) is 2.86. The number of hydrogen-bond donors (Lipinski definition) is 3. The summed E-state index contributed by atoms with van der Waals surface area (Å²) in [7, 11) is -3.47. The first-order chi connectivity index (χ1) is 7.91. The Labute approximate surface area is 101 Å². The van der Waals surface area contributed by atoms with Crippen molar-refractivity contribution in [3.63, 3.8) is 0 Å². The van der Waals surface area contributed by atoms with Crippen LogP contribution in [0.3, 0.4) is 0 Å². The summed E-state index contributed by atoms with van der Waals surface area (Å²) in [5, 5.41) is 3.43. The number of nitrogens with zero attached hydrogens (tertiary/aromatic N) is 1. The highest BCUT2D eigenvalue weighted by Gasteiger charge is 2.30. The minimum absolute atomic E-state index is 0.122. The van der Waals surface area contributed by atoms with Gasteiger partial charge in [-0.1, -0.05) is 0 Å². The molecule has 17 heavy (non-hydrogen) atoms. The molecule has 7 heteroatoms. The summed E-state index contributed by atoms with van der Waals surface area (Å²) in [5.41, 5.74) is -0.137. The highest BCUT2D eigenvalue weighted by Crippen LogP contribution is 2.18. The smallest absolute Gasteiger partial charge is 0.257 e. The maximum absolute atomic E-state index is 11.9. The molecule has 0 saturated carbocycles. The summed E-state index contributed by atoms with van der Waals surface area (Å²) in [6.45, 7) is 5.09. The van der Waals surface area contributed by atoms with E-state index in [0.29, 0.717) is 12.4 Å². The molecular weight excluding hydrogens is 240 g/mol. The zero-order chi connectivity index (χ0) is 12.5. The Bertz CT molecular complexity index is 488. The lowest BCUT2D eigenvalue weighted by atomic mass is 10.0. The number of aromatic nitrogens is 2. The number of H-pyrrole nitrogens is 1. The van der Waals surface area contributed by atoms with E-state index in [0.717, 1.165) is 19.4 Å². The zero-order valence-electron chi connectivity index (χ0n) is 10.1. The van der Waals surface area contributed by atoms with Crippen molar-refractivity contribution in [1.82, 2.24) is 20.0 Å². The van der Waals surface area contributed by atoms with E-state index in [4.69, 9.17) is 0 Å². The second-order valence-corrected chi connectivity index (χ2v) is 6.48. The molecule has 3 N–H and O–H groups in total. The number of aromatic amines is 1. The Morgan fingerprint density at radius 2 is 2.35 bits per heavy atom. The van der Waals surface area contributed by atoms with E-state index in [1.165, 1.54) is 6.20 Å². The van der Waals surface area contributed by atoms with Crippen molar-refractivity contribution >= 4 is 10.0 Å². The molecule has 2 rings (SSSR count). The molecule has 0 aromatic carbocycles. The van der Waals surface area contributed by atoms with E-state index in [9.17, 15) is 8.42 Å². The molecule has 0 amide bonds. The molecule has 2 heterocycles. The van der Waals surface area contributed by atoms with E-state index in [1.807, 2.05) is 6.92 Å². The third-order valence-corrected chi connectivity index (χ3v) is 4.39. The van der Waals surface area contributed by atoms with Crippen molar-refractivity contribution in [2.24, 2.45) is 0 Å². The van der Waals surface area contributed by atoms with Gasteiger partial charge < -0.3 is 10.3 Å². The van der Waals surface area contributed by atoms with E-state index in [1.54, 1.807) is 6.92 Å². The van der Waals surface area contributed by atoms with Crippen molar-refractivity contribution in [2.45, 2.75) is 37.3 Å². The molecule has 1 aliphatic heterocycles. The maximum Gasteiger partial charge on any atom is 0.257 e. The van der Waals surface area contributed by atoms with E-state index in [-0.39, 0.29) is 10.6 Å². The molecule has 1 aromatic rings. The fraction of sp³-hybridized carbons (Fsp3) is 0.700. The zero-order valence-corrected chi connectivity index (χ0v) is 10.9. The number of rotatable bonds is 4. The molecule has 1 fully saturated rings. The van der Waals surface area contributed by atoms with Crippen LogP contribution in [0.5, 0.6) is 0 Å². The lowest BCUT2D eigenvalue weighted by Crippen LogP contribution is -2.47. The van der Waals surface area contributed by atoms with Gasteiger partial charge >= 0.3 is 0 Å². The van der Waals surface area contributed by atoms with Crippen molar-refractivity contribution in [2.75, 3.05) is 13.1 Å². The Hall–Kier alpha value is -0.920. The predicted octanol–water partition coefficient (Wildman–Crippen LogP) is 0.139. The summed E-state index contributed by atoms with van der Waals surface area (Å²) in [4.78, 5) is 6.61. The minimum Gasteiger partial charge on any atom is -0.332 e. The first-order valence-electron chi connectivity index (χ1n) is 5.68. The van der Waals surface area contributed by atoms with Crippen LogP contribution in [0.2, 0.25) is 0 Å². The van der Waals surface area contributed by atoms with E-state index < -0.39 is 10.0 Å². The topological polar surface area (TPSA) is 86.9 Å². The van der Waals surface area contributed by atoms with Gasteiger partial charge in [0.2, 0.25) is 0 Å². The largest absolute Gasteiger partial charge is 0.332 e. The van der Waals surface area contributed by atoms with Crippen LogP contribution in [0.15, 0.2) is 11.2 Å². The van der Waals surface area contributed by atoms with Crippen molar-refractivity contribution in [3.05, 3.63) is 12.0 Å². The van der Waals surface area contributed by atoms with Crippen LogP contribution in [-0.4, -0.2) is 37.0 Å². The van der Waals surface area contributed by atoms with Crippen LogP contribution < -0.4 is 10.0 Å². The SMILES string of the molecule is Cc1ncc(S(=O)(=O)NCC2(C)CCCN2)[nH]1. The van der Waals surface area contributed by atoms with Crippen LogP contribution >= 0.6 is 0 Å². The molecule has 0 bridgehead atoms. The van der Waals surface area contributed by atoms with Gasteiger partial charge in [0.1, 0.15) is 5.82 Å². The van der Waals surface area contributed by atoms with Crippen LogP contribution in [-0.2, 0) is 10.0 Å². The molecule has 1 atom stereocenters. The molecule has 1 saturated heterocycles. The van der Waals surface area contributed by atoms with Gasteiger partial charge in [-0.05, 0) is 33.2 Å². The normalized spacial score (nSPS) is 25.3. The van der Waals surface area contributed by atoms with E-state index in [2.05, 4.69) is 20.0 Å². The van der Waals surface area contributed by atoms with Gasteiger partial charge in [0.05, 0.1) is 6.20 Å². The molecular formula is C10H18N4O2S. The lowest BCUT2D eigenvalue weighted by molar-refractivity contribution is 0.409. The summed E-state index contributed by atoms with van der Waals surface area (Å²) < 4.78 is 26.5. The lowest BCUT2D eigenvalue weighted by Gasteiger charge is -2.24. The molecule has 96 valence electrons. The van der Waals surface area contributed by atoms with E-state index >= 15 is 0 Å². The summed E-state index contributed by atoms with van der Waals surface area (Å²) in [6, 6.07) is 0. The van der Waals surface area contributed by atoms with Crippen molar-refractivity contribution in [3.8, 4) is 0 Å². The van der Waals surface area contributed by atoms with Gasteiger partial charge in [-0.2, -0.15) is 0 Å². The minimum atomic E-state index is -3.47. The quantitative estimate of drug-likeness (QED) is 0.717. The van der Waals surface area contributed by atoms with Crippen LogP contribution in [0.1, 0.15) is 25.6 Å². The van der Waals surface area contributed by atoms with Crippen LogP contribution in [0.4, 0.5) is 0 Å². The van der Waals surface area contributed by atoms with Gasteiger partial charge in [0.15, 0.2) is 5.03 Å². The molecule has 0 aliphatic carbocycles. The first-order valence-corrected chi connectivity index (χ1v) is 7.16.